The first-order valence-electron chi connectivity index (χ1n) is 9.93. The lowest BCUT2D eigenvalue weighted by molar-refractivity contribution is -0.120. The zero-order valence-corrected chi connectivity index (χ0v) is 17.7. The molecule has 3 heterocycles. The number of hydrogen-bond donors (Lipinski definition) is 2. The fourth-order valence-corrected chi connectivity index (χ4v) is 4.99. The SMILES string of the molecule is O=C1NCCCC[C@H]1Sc1nnc(-c2c[nH]c3ccccc23)n1-c1ccc(Cl)cc1. The molecule has 1 amide bonds. The van der Waals surface area contributed by atoms with Gasteiger partial charge in [0.05, 0.1) is 5.25 Å². The third kappa shape index (κ3) is 3.59. The Hall–Kier alpha value is -2.77. The number of amides is 1. The van der Waals surface area contributed by atoms with Crippen LogP contribution >= 0.6 is 23.4 Å². The highest BCUT2D eigenvalue weighted by molar-refractivity contribution is 8.00. The van der Waals surface area contributed by atoms with Gasteiger partial charge in [-0.15, -0.1) is 10.2 Å². The number of H-pyrrole nitrogens is 1. The predicted molar refractivity (Wildman–Crippen MR) is 120 cm³/mol. The predicted octanol–water partition coefficient (Wildman–Crippen LogP) is 4.83. The van der Waals surface area contributed by atoms with Crippen LogP contribution in [0.15, 0.2) is 59.9 Å². The minimum Gasteiger partial charge on any atom is -0.360 e. The average molecular weight is 438 g/mol. The van der Waals surface area contributed by atoms with Crippen molar-refractivity contribution in [2.24, 2.45) is 0 Å². The highest BCUT2D eigenvalue weighted by Gasteiger charge is 2.26. The van der Waals surface area contributed by atoms with Crippen molar-refractivity contribution in [2.45, 2.75) is 29.7 Å². The number of para-hydroxylation sites is 1. The van der Waals surface area contributed by atoms with Crippen LogP contribution in [0.5, 0.6) is 0 Å². The molecule has 152 valence electrons. The third-order valence-corrected chi connectivity index (χ3v) is 6.74. The van der Waals surface area contributed by atoms with Gasteiger partial charge in [-0.3, -0.25) is 9.36 Å². The van der Waals surface area contributed by atoms with Gasteiger partial charge in [-0.05, 0) is 43.2 Å². The molecule has 0 saturated carbocycles. The van der Waals surface area contributed by atoms with Crippen LogP contribution in [0.1, 0.15) is 19.3 Å². The van der Waals surface area contributed by atoms with Crippen LogP contribution in [-0.4, -0.2) is 37.5 Å². The van der Waals surface area contributed by atoms with E-state index in [1.807, 2.05) is 53.2 Å². The van der Waals surface area contributed by atoms with Crippen LogP contribution in [0.3, 0.4) is 0 Å². The van der Waals surface area contributed by atoms with Gasteiger partial charge in [0.1, 0.15) is 0 Å². The third-order valence-electron chi connectivity index (χ3n) is 5.28. The zero-order valence-electron chi connectivity index (χ0n) is 16.1. The lowest BCUT2D eigenvalue weighted by Crippen LogP contribution is -2.30. The largest absolute Gasteiger partial charge is 0.360 e. The molecule has 2 aromatic carbocycles. The first-order valence-corrected chi connectivity index (χ1v) is 11.2. The van der Waals surface area contributed by atoms with E-state index in [2.05, 4.69) is 26.6 Å². The zero-order chi connectivity index (χ0) is 20.5. The minimum atomic E-state index is -0.182. The first kappa shape index (κ1) is 19.2. The quantitative estimate of drug-likeness (QED) is 0.479. The van der Waals surface area contributed by atoms with Crippen molar-refractivity contribution in [1.29, 1.82) is 0 Å². The summed E-state index contributed by atoms with van der Waals surface area (Å²) >= 11 is 7.59. The first-order chi connectivity index (χ1) is 14.7. The van der Waals surface area contributed by atoms with Crippen molar-refractivity contribution in [1.82, 2.24) is 25.1 Å². The lowest BCUT2D eigenvalue weighted by Gasteiger charge is -2.14. The smallest absolute Gasteiger partial charge is 0.233 e. The van der Waals surface area contributed by atoms with Crippen molar-refractivity contribution in [2.75, 3.05) is 6.54 Å². The van der Waals surface area contributed by atoms with E-state index in [1.165, 1.54) is 11.8 Å². The molecule has 2 aromatic heterocycles. The van der Waals surface area contributed by atoms with Crippen molar-refractivity contribution < 1.29 is 4.79 Å². The number of nitrogens with one attached hydrogen (secondary N) is 2. The van der Waals surface area contributed by atoms with E-state index >= 15 is 0 Å². The average Bonchev–Trinajstić information content (AvgIpc) is 3.31. The summed E-state index contributed by atoms with van der Waals surface area (Å²) in [6, 6.07) is 15.7. The van der Waals surface area contributed by atoms with Crippen LogP contribution in [-0.2, 0) is 4.79 Å². The van der Waals surface area contributed by atoms with Crippen molar-refractivity contribution in [3.63, 3.8) is 0 Å². The molecule has 1 saturated heterocycles. The van der Waals surface area contributed by atoms with E-state index in [1.54, 1.807) is 0 Å². The van der Waals surface area contributed by atoms with Gasteiger partial charge in [0.25, 0.3) is 0 Å². The molecule has 2 N–H and O–H groups in total. The van der Waals surface area contributed by atoms with E-state index in [4.69, 9.17) is 11.6 Å². The molecule has 30 heavy (non-hydrogen) atoms. The van der Waals surface area contributed by atoms with Gasteiger partial charge in [-0.1, -0.05) is 48.0 Å². The number of aromatic amines is 1. The topological polar surface area (TPSA) is 75.6 Å². The molecule has 0 radical (unpaired) electrons. The summed E-state index contributed by atoms with van der Waals surface area (Å²) in [7, 11) is 0. The van der Waals surface area contributed by atoms with E-state index < -0.39 is 0 Å². The second-order valence-electron chi connectivity index (χ2n) is 7.26. The summed E-state index contributed by atoms with van der Waals surface area (Å²) in [6.07, 6.45) is 4.80. The highest BCUT2D eigenvalue weighted by atomic mass is 35.5. The molecule has 0 aliphatic carbocycles. The number of thioether (sulfide) groups is 1. The Morgan fingerprint density at radius 2 is 1.90 bits per heavy atom. The number of rotatable bonds is 4. The molecular weight excluding hydrogens is 418 g/mol. The number of benzene rings is 2. The van der Waals surface area contributed by atoms with E-state index in [9.17, 15) is 4.79 Å². The monoisotopic (exact) mass is 437 g/mol. The number of nitrogens with zero attached hydrogens (tertiary/aromatic N) is 3. The molecule has 8 heteroatoms. The van der Waals surface area contributed by atoms with Crippen LogP contribution in [0.2, 0.25) is 5.02 Å². The number of carbonyl (C=O) groups excluding carboxylic acids is 1. The fraction of sp³-hybridized carbons (Fsp3) is 0.227. The molecule has 0 unspecified atom stereocenters. The summed E-state index contributed by atoms with van der Waals surface area (Å²) in [5.41, 5.74) is 2.90. The van der Waals surface area contributed by atoms with Gasteiger partial charge < -0.3 is 10.3 Å². The van der Waals surface area contributed by atoms with Gasteiger partial charge in [0, 0.05) is 39.9 Å². The lowest BCUT2D eigenvalue weighted by atomic mass is 10.1. The molecule has 1 fully saturated rings. The van der Waals surface area contributed by atoms with E-state index in [0.717, 1.165) is 53.8 Å². The molecule has 4 aromatic rings. The normalized spacial score (nSPS) is 17.1. The number of aromatic nitrogens is 4. The van der Waals surface area contributed by atoms with Crippen LogP contribution in [0.4, 0.5) is 0 Å². The minimum absolute atomic E-state index is 0.0665. The van der Waals surface area contributed by atoms with Gasteiger partial charge in [-0.2, -0.15) is 0 Å². The van der Waals surface area contributed by atoms with Gasteiger partial charge in [0.2, 0.25) is 5.91 Å². The fourth-order valence-electron chi connectivity index (χ4n) is 3.75. The number of halogens is 1. The second kappa shape index (κ2) is 8.16. The van der Waals surface area contributed by atoms with E-state index in [0.29, 0.717) is 10.2 Å². The molecule has 6 nitrogen and oxygen atoms in total. The summed E-state index contributed by atoms with van der Waals surface area (Å²) in [6.45, 7) is 0.736. The molecule has 1 aliphatic heterocycles. The van der Waals surface area contributed by atoms with Crippen molar-refractivity contribution >= 4 is 40.2 Å². The second-order valence-corrected chi connectivity index (χ2v) is 8.87. The van der Waals surface area contributed by atoms with Crippen LogP contribution in [0.25, 0.3) is 28.0 Å². The Bertz CT molecular complexity index is 1200. The Labute approximate surface area is 183 Å². The Kier molecular flexibility index (Phi) is 5.23. The number of carbonyl (C=O) groups is 1. The molecule has 5 rings (SSSR count). The summed E-state index contributed by atoms with van der Waals surface area (Å²) in [5, 5.41) is 14.3. The summed E-state index contributed by atoms with van der Waals surface area (Å²) < 4.78 is 2.01. The number of hydrogen-bond acceptors (Lipinski definition) is 4. The Balaban J connectivity index is 1.62. The molecule has 0 bridgehead atoms. The summed E-state index contributed by atoms with van der Waals surface area (Å²) in [4.78, 5) is 15.8. The van der Waals surface area contributed by atoms with Crippen molar-refractivity contribution in [3.05, 3.63) is 59.8 Å². The van der Waals surface area contributed by atoms with Crippen LogP contribution in [0, 0.1) is 0 Å². The maximum atomic E-state index is 12.5. The maximum absolute atomic E-state index is 12.5. The van der Waals surface area contributed by atoms with Crippen molar-refractivity contribution in [3.8, 4) is 17.1 Å². The van der Waals surface area contributed by atoms with Gasteiger partial charge in [0.15, 0.2) is 11.0 Å². The molecule has 0 spiro atoms. The van der Waals surface area contributed by atoms with Gasteiger partial charge >= 0.3 is 0 Å². The van der Waals surface area contributed by atoms with E-state index in [-0.39, 0.29) is 11.2 Å². The molecular formula is C22H20ClN5OS. The maximum Gasteiger partial charge on any atom is 0.233 e. The Morgan fingerprint density at radius 3 is 2.77 bits per heavy atom. The Morgan fingerprint density at radius 1 is 1.07 bits per heavy atom. The number of fused-ring (bicyclic) bond motifs is 1. The molecule has 1 atom stereocenters. The highest BCUT2D eigenvalue weighted by Crippen LogP contribution is 2.35. The summed E-state index contributed by atoms with van der Waals surface area (Å²) in [5.74, 6) is 0.795. The van der Waals surface area contributed by atoms with Gasteiger partial charge in [-0.25, -0.2) is 0 Å². The molecule has 1 aliphatic rings. The van der Waals surface area contributed by atoms with Crippen LogP contribution < -0.4 is 5.32 Å². The standard InChI is InChI=1S/C22H20ClN5OS/c23-14-8-10-15(11-9-14)28-20(17-13-25-18-6-2-1-5-16(17)18)26-27-22(28)30-19-7-3-4-12-24-21(19)29/h1-2,5-6,8-11,13,19,25H,3-4,7,12H2,(H,24,29)/t19-/m1/s1.